The molecule has 3 heteroatoms. The second-order valence-corrected chi connectivity index (χ2v) is 9.61. The maximum atomic E-state index is 5.82. The number of benzene rings is 4. The minimum atomic E-state index is 0.224. The molecule has 0 saturated carbocycles. The van der Waals surface area contributed by atoms with Crippen molar-refractivity contribution < 1.29 is 4.74 Å². The highest BCUT2D eigenvalue weighted by molar-refractivity contribution is 6.03. The molecule has 3 atom stereocenters. The Labute approximate surface area is 212 Å². The maximum Gasteiger partial charge on any atom is 0.148 e. The van der Waals surface area contributed by atoms with E-state index < -0.39 is 0 Å². The second-order valence-electron chi connectivity index (χ2n) is 9.61. The van der Waals surface area contributed by atoms with Gasteiger partial charge in [0.15, 0.2) is 0 Å². The number of rotatable bonds is 5. The molecule has 4 aromatic rings. The molecule has 0 aromatic heterocycles. The molecule has 176 valence electrons. The van der Waals surface area contributed by atoms with E-state index in [-0.39, 0.29) is 12.6 Å². The molecule has 6 rings (SSSR count). The Balaban J connectivity index is 1.28. The molecule has 0 radical (unpaired) electrons. The van der Waals surface area contributed by atoms with E-state index in [4.69, 9.17) is 16.2 Å². The summed E-state index contributed by atoms with van der Waals surface area (Å²) in [6.07, 6.45) is 13.1. The van der Waals surface area contributed by atoms with Gasteiger partial charge in [-0.3, -0.25) is 4.99 Å². The molecule has 0 fully saturated rings. The van der Waals surface area contributed by atoms with Crippen molar-refractivity contribution in [3.05, 3.63) is 113 Å². The quantitative estimate of drug-likeness (QED) is 0.185. The van der Waals surface area contributed by atoms with Crippen LogP contribution in [0.2, 0.25) is 0 Å². The van der Waals surface area contributed by atoms with Crippen LogP contribution < -0.4 is 10.1 Å². The minimum Gasteiger partial charge on any atom is -0.480 e. The van der Waals surface area contributed by atoms with Gasteiger partial charge in [-0.2, -0.15) is 0 Å². The Bertz CT molecular complexity index is 1520. The van der Waals surface area contributed by atoms with E-state index in [0.717, 1.165) is 34.2 Å². The van der Waals surface area contributed by atoms with Crippen molar-refractivity contribution in [2.75, 3.05) is 11.9 Å². The predicted molar refractivity (Wildman–Crippen MR) is 150 cm³/mol. The Morgan fingerprint density at radius 3 is 2.78 bits per heavy atom. The van der Waals surface area contributed by atoms with Crippen LogP contribution in [0.5, 0.6) is 5.75 Å². The lowest BCUT2D eigenvalue weighted by molar-refractivity contribution is 0.370. The van der Waals surface area contributed by atoms with Gasteiger partial charge in [0.2, 0.25) is 0 Å². The summed E-state index contributed by atoms with van der Waals surface area (Å²) in [6.45, 7) is 2.39. The molecule has 2 aliphatic rings. The third-order valence-electron chi connectivity index (χ3n) is 7.35. The Morgan fingerprint density at radius 2 is 1.92 bits per heavy atom. The molecule has 3 nitrogen and oxygen atoms in total. The number of ether oxygens (including phenoxy) is 1. The van der Waals surface area contributed by atoms with Gasteiger partial charge in [-0.15, -0.1) is 6.42 Å². The fourth-order valence-electron chi connectivity index (χ4n) is 5.60. The first-order valence-electron chi connectivity index (χ1n) is 12.5. The van der Waals surface area contributed by atoms with Crippen LogP contribution in [0, 0.1) is 25.2 Å². The zero-order valence-electron chi connectivity index (χ0n) is 20.3. The number of fused-ring (bicyclic) bond motifs is 4. The monoisotopic (exact) mass is 468 g/mol. The van der Waals surface area contributed by atoms with Crippen LogP contribution in [0.25, 0.3) is 10.8 Å². The zero-order chi connectivity index (χ0) is 24.5. The van der Waals surface area contributed by atoms with Gasteiger partial charge < -0.3 is 10.1 Å². The number of nitrogens with zero attached hydrogens (tertiary/aromatic N) is 1. The van der Waals surface area contributed by atoms with Gasteiger partial charge in [0.25, 0.3) is 0 Å². The average Bonchev–Trinajstić information content (AvgIpc) is 3.41. The van der Waals surface area contributed by atoms with E-state index in [2.05, 4.69) is 91.0 Å². The molecule has 0 amide bonds. The normalized spacial score (nSPS) is 20.1. The van der Waals surface area contributed by atoms with Crippen molar-refractivity contribution in [1.29, 1.82) is 0 Å². The van der Waals surface area contributed by atoms with Crippen molar-refractivity contribution >= 4 is 28.4 Å². The van der Waals surface area contributed by atoms with Crippen LogP contribution in [-0.4, -0.2) is 12.8 Å². The highest BCUT2D eigenvalue weighted by Gasteiger charge is 2.37. The van der Waals surface area contributed by atoms with Crippen LogP contribution in [0.1, 0.15) is 40.6 Å². The predicted octanol–water partition coefficient (Wildman–Crippen LogP) is 7.74. The van der Waals surface area contributed by atoms with Crippen molar-refractivity contribution in [2.24, 2.45) is 10.9 Å². The number of hydrogen-bond donors (Lipinski definition) is 1. The molecule has 1 N–H and O–H groups in total. The van der Waals surface area contributed by atoms with E-state index in [0.29, 0.717) is 11.8 Å². The molecule has 0 saturated heterocycles. The number of terminal acetylenes is 1. The van der Waals surface area contributed by atoms with Crippen LogP contribution in [0.15, 0.2) is 96.0 Å². The van der Waals surface area contributed by atoms with Crippen molar-refractivity contribution in [3.63, 3.8) is 0 Å². The van der Waals surface area contributed by atoms with Crippen LogP contribution in [-0.2, 0) is 0 Å². The molecule has 0 spiro atoms. The highest BCUT2D eigenvalue weighted by atomic mass is 16.5. The molecule has 4 aromatic carbocycles. The molecule has 0 unspecified atom stereocenters. The summed E-state index contributed by atoms with van der Waals surface area (Å²) in [7, 11) is 0. The van der Waals surface area contributed by atoms with E-state index in [1.807, 2.05) is 24.4 Å². The highest BCUT2D eigenvalue weighted by Crippen LogP contribution is 2.50. The summed E-state index contributed by atoms with van der Waals surface area (Å²) in [4.78, 5) is 4.80. The lowest BCUT2D eigenvalue weighted by Crippen LogP contribution is -2.29. The van der Waals surface area contributed by atoms with E-state index in [1.54, 1.807) is 0 Å². The van der Waals surface area contributed by atoms with Crippen molar-refractivity contribution in [3.8, 4) is 18.1 Å². The van der Waals surface area contributed by atoms with E-state index in [1.165, 1.54) is 22.4 Å². The minimum absolute atomic E-state index is 0.224. The standard InChI is InChI=1S/C33H28N2O/c1-3-19-36-32-18-14-23-7-4-5-8-26(23)30(32)21-34-25-15-12-24(13-16-25)33-28-10-6-9-27(28)29-20-22(2)11-17-31(29)35-33/h1,4-9,11-18,20-21,27-28,33,35H,10,19H2,2H3/t27-,28+,33+/m1/s1. The van der Waals surface area contributed by atoms with Gasteiger partial charge in [-0.25, -0.2) is 0 Å². The number of hydrogen-bond acceptors (Lipinski definition) is 3. The van der Waals surface area contributed by atoms with Gasteiger partial charge >= 0.3 is 0 Å². The van der Waals surface area contributed by atoms with E-state index >= 15 is 0 Å². The third kappa shape index (κ3) is 4.06. The van der Waals surface area contributed by atoms with Crippen LogP contribution >= 0.6 is 0 Å². The van der Waals surface area contributed by atoms with Gasteiger partial charge in [0, 0.05) is 23.4 Å². The fraction of sp³-hybridized carbons (Fsp3) is 0.182. The first kappa shape index (κ1) is 22.2. The van der Waals surface area contributed by atoms with Gasteiger partial charge in [0.05, 0.1) is 11.7 Å². The third-order valence-corrected chi connectivity index (χ3v) is 7.35. The van der Waals surface area contributed by atoms with Gasteiger partial charge in [-0.1, -0.05) is 78.2 Å². The Hall–Kier alpha value is -4.29. The largest absolute Gasteiger partial charge is 0.480 e. The summed E-state index contributed by atoms with van der Waals surface area (Å²) >= 11 is 0. The fourth-order valence-corrected chi connectivity index (χ4v) is 5.60. The summed E-state index contributed by atoms with van der Waals surface area (Å²) in [5.41, 5.74) is 7.12. The van der Waals surface area contributed by atoms with Gasteiger partial charge in [0.1, 0.15) is 12.4 Å². The summed E-state index contributed by atoms with van der Waals surface area (Å²) in [5.74, 6) is 4.29. The summed E-state index contributed by atoms with van der Waals surface area (Å²) < 4.78 is 5.82. The number of anilines is 1. The molecule has 1 aliphatic carbocycles. The summed E-state index contributed by atoms with van der Waals surface area (Å²) in [5, 5.41) is 6.06. The Kier molecular flexibility index (Phi) is 5.79. The van der Waals surface area contributed by atoms with E-state index in [9.17, 15) is 0 Å². The molecule has 1 heterocycles. The SMILES string of the molecule is C#CCOc1ccc2ccccc2c1C=Nc1ccc([C@@H]2Nc3ccc(C)cc3[C@@H]3C=CC[C@@H]32)cc1. The number of allylic oxidation sites excluding steroid dienone is 2. The number of aryl methyl sites for hydroxylation is 1. The lowest BCUT2D eigenvalue weighted by Gasteiger charge is -2.37. The zero-order valence-corrected chi connectivity index (χ0v) is 20.3. The molecule has 36 heavy (non-hydrogen) atoms. The summed E-state index contributed by atoms with van der Waals surface area (Å²) in [6, 6.07) is 27.9. The average molecular weight is 469 g/mol. The molecular weight excluding hydrogens is 440 g/mol. The molecular formula is C33H28N2O. The Morgan fingerprint density at radius 1 is 1.06 bits per heavy atom. The van der Waals surface area contributed by atoms with Crippen LogP contribution in [0.4, 0.5) is 11.4 Å². The topological polar surface area (TPSA) is 33.6 Å². The molecule has 1 aliphatic heterocycles. The van der Waals surface area contributed by atoms with Crippen LogP contribution in [0.3, 0.4) is 0 Å². The lowest BCUT2D eigenvalue weighted by atomic mass is 9.76. The number of aliphatic imine (C=N–C) groups is 1. The first-order valence-corrected chi connectivity index (χ1v) is 12.5. The van der Waals surface area contributed by atoms with Gasteiger partial charge in [-0.05, 0) is 65.4 Å². The second kappa shape index (κ2) is 9.40. The maximum absolute atomic E-state index is 5.82. The smallest absolute Gasteiger partial charge is 0.148 e. The first-order chi connectivity index (χ1) is 17.7. The van der Waals surface area contributed by atoms with Crippen molar-refractivity contribution in [1.82, 2.24) is 0 Å². The molecule has 0 bridgehead atoms. The number of nitrogens with one attached hydrogen (secondary N) is 1. The van der Waals surface area contributed by atoms with Crippen molar-refractivity contribution in [2.45, 2.75) is 25.3 Å².